The van der Waals surface area contributed by atoms with Crippen LogP contribution in [0.4, 0.5) is 11.6 Å². The number of hydrogen-bond acceptors (Lipinski definition) is 5. The van der Waals surface area contributed by atoms with Gasteiger partial charge < -0.3 is 15.3 Å². The van der Waals surface area contributed by atoms with Crippen LogP contribution in [0.1, 0.15) is 12.8 Å². The zero-order valence-electron chi connectivity index (χ0n) is 10.7. The molecule has 1 fully saturated rings. The van der Waals surface area contributed by atoms with Gasteiger partial charge in [-0.3, -0.25) is 4.79 Å². The van der Waals surface area contributed by atoms with Gasteiger partial charge >= 0.3 is 5.97 Å². The fraction of sp³-hybridized carbons (Fsp3) is 0.462. The summed E-state index contributed by atoms with van der Waals surface area (Å²) in [7, 11) is 0. The van der Waals surface area contributed by atoms with E-state index in [1.54, 1.807) is 18.5 Å². The van der Waals surface area contributed by atoms with Crippen LogP contribution in [0.2, 0.25) is 0 Å². The summed E-state index contributed by atoms with van der Waals surface area (Å²) >= 11 is 0. The third kappa shape index (κ3) is 3.21. The molecule has 2 heterocycles. The third-order valence-electron chi connectivity index (χ3n) is 3.24. The van der Waals surface area contributed by atoms with Gasteiger partial charge in [0.1, 0.15) is 0 Å². The number of nitrogens with zero attached hydrogens (tertiary/aromatic N) is 3. The number of anilines is 2. The van der Waals surface area contributed by atoms with Crippen molar-refractivity contribution in [3.8, 4) is 0 Å². The number of carboxylic acids is 1. The lowest BCUT2D eigenvalue weighted by Crippen LogP contribution is -2.37. The molecular weight excluding hydrogens is 244 g/mol. The molecule has 1 aromatic heterocycles. The van der Waals surface area contributed by atoms with Crippen molar-refractivity contribution in [2.75, 3.05) is 29.9 Å². The summed E-state index contributed by atoms with van der Waals surface area (Å²) in [6.07, 6.45) is 6.34. The predicted molar refractivity (Wildman–Crippen MR) is 73.3 cm³/mol. The minimum absolute atomic E-state index is 0.238. The molecule has 6 nitrogen and oxygen atoms in total. The van der Waals surface area contributed by atoms with E-state index >= 15 is 0 Å². The normalized spacial score (nSPS) is 16.1. The van der Waals surface area contributed by atoms with Crippen molar-refractivity contribution in [2.45, 2.75) is 12.8 Å². The summed E-state index contributed by atoms with van der Waals surface area (Å²) in [4.78, 5) is 21.6. The van der Waals surface area contributed by atoms with E-state index in [4.69, 9.17) is 5.11 Å². The van der Waals surface area contributed by atoms with Crippen LogP contribution in [0.5, 0.6) is 0 Å². The highest BCUT2D eigenvalue weighted by Gasteiger charge is 2.26. The van der Waals surface area contributed by atoms with Crippen molar-refractivity contribution in [1.29, 1.82) is 0 Å². The number of carboxylic acid groups (broad SMARTS) is 1. The summed E-state index contributed by atoms with van der Waals surface area (Å²) < 4.78 is 0. The van der Waals surface area contributed by atoms with Crippen molar-refractivity contribution in [2.24, 2.45) is 5.92 Å². The Morgan fingerprint density at radius 1 is 1.47 bits per heavy atom. The molecule has 0 aromatic carbocycles. The molecule has 1 aromatic rings. The number of nitrogens with one attached hydrogen (secondary N) is 1. The molecule has 1 aliphatic heterocycles. The van der Waals surface area contributed by atoms with E-state index in [2.05, 4.69) is 26.8 Å². The number of carbonyl (C=O) groups is 1. The largest absolute Gasteiger partial charge is 0.481 e. The van der Waals surface area contributed by atoms with E-state index < -0.39 is 5.97 Å². The maximum Gasteiger partial charge on any atom is 0.306 e. The second-order valence-electron chi connectivity index (χ2n) is 4.50. The van der Waals surface area contributed by atoms with E-state index in [0.29, 0.717) is 32.5 Å². The standard InChI is InChI=1S/C13H18N4O2/c1-2-5-14-11-12(16-7-6-15-11)17-8-3-10(4-9-17)13(18)19/h2,6-7,10H,1,3-5,8-9H2,(H,14,15)(H,18,19). The van der Waals surface area contributed by atoms with Crippen molar-refractivity contribution in [3.63, 3.8) is 0 Å². The monoisotopic (exact) mass is 262 g/mol. The van der Waals surface area contributed by atoms with E-state index in [9.17, 15) is 4.79 Å². The summed E-state index contributed by atoms with van der Waals surface area (Å²) in [5.41, 5.74) is 0. The molecule has 6 heteroatoms. The Kier molecular flexibility index (Phi) is 4.33. The highest BCUT2D eigenvalue weighted by atomic mass is 16.4. The lowest BCUT2D eigenvalue weighted by Gasteiger charge is -2.31. The summed E-state index contributed by atoms with van der Waals surface area (Å²) in [5, 5.41) is 12.1. The van der Waals surface area contributed by atoms with Gasteiger partial charge in [-0.2, -0.15) is 0 Å². The Morgan fingerprint density at radius 3 is 2.79 bits per heavy atom. The second-order valence-corrected chi connectivity index (χ2v) is 4.50. The molecule has 2 rings (SSSR count). The first-order chi connectivity index (χ1) is 9.22. The lowest BCUT2D eigenvalue weighted by atomic mass is 9.97. The molecular formula is C13H18N4O2. The van der Waals surface area contributed by atoms with Gasteiger partial charge in [0.05, 0.1) is 5.92 Å². The van der Waals surface area contributed by atoms with E-state index in [1.807, 2.05) is 0 Å². The van der Waals surface area contributed by atoms with Gasteiger partial charge in [-0.15, -0.1) is 6.58 Å². The summed E-state index contributed by atoms with van der Waals surface area (Å²) in [6.45, 7) is 5.67. The molecule has 0 spiro atoms. The van der Waals surface area contributed by atoms with E-state index in [0.717, 1.165) is 11.6 Å². The van der Waals surface area contributed by atoms with Crippen LogP contribution in [0.3, 0.4) is 0 Å². The van der Waals surface area contributed by atoms with Crippen molar-refractivity contribution in [3.05, 3.63) is 25.0 Å². The van der Waals surface area contributed by atoms with Crippen LogP contribution in [0.25, 0.3) is 0 Å². The first kappa shape index (κ1) is 13.3. The number of rotatable bonds is 5. The molecule has 0 aliphatic carbocycles. The van der Waals surface area contributed by atoms with E-state index in [-0.39, 0.29) is 5.92 Å². The SMILES string of the molecule is C=CCNc1nccnc1N1CCC(C(=O)O)CC1. The molecule has 1 aliphatic rings. The molecule has 2 N–H and O–H groups in total. The number of aliphatic carboxylic acids is 1. The molecule has 1 saturated heterocycles. The Labute approximate surface area is 112 Å². The van der Waals surface area contributed by atoms with Crippen molar-refractivity contribution in [1.82, 2.24) is 9.97 Å². The third-order valence-corrected chi connectivity index (χ3v) is 3.24. The minimum atomic E-state index is -0.705. The predicted octanol–water partition coefficient (Wildman–Crippen LogP) is 1.38. The van der Waals surface area contributed by atoms with Gasteiger partial charge in [-0.05, 0) is 12.8 Å². The van der Waals surface area contributed by atoms with Gasteiger partial charge in [-0.1, -0.05) is 6.08 Å². The zero-order valence-corrected chi connectivity index (χ0v) is 10.7. The molecule has 0 atom stereocenters. The lowest BCUT2D eigenvalue weighted by molar-refractivity contribution is -0.142. The topological polar surface area (TPSA) is 78.4 Å². The number of hydrogen-bond donors (Lipinski definition) is 2. The fourth-order valence-corrected chi connectivity index (χ4v) is 2.19. The van der Waals surface area contributed by atoms with Crippen LogP contribution < -0.4 is 10.2 Å². The molecule has 19 heavy (non-hydrogen) atoms. The van der Waals surface area contributed by atoms with Crippen molar-refractivity contribution >= 4 is 17.6 Å². The smallest absolute Gasteiger partial charge is 0.306 e. The van der Waals surface area contributed by atoms with Crippen LogP contribution in [0.15, 0.2) is 25.0 Å². The Balaban J connectivity index is 2.06. The molecule has 0 radical (unpaired) electrons. The molecule has 0 unspecified atom stereocenters. The van der Waals surface area contributed by atoms with Gasteiger partial charge in [0.25, 0.3) is 0 Å². The first-order valence-electron chi connectivity index (χ1n) is 6.36. The van der Waals surface area contributed by atoms with Crippen LogP contribution in [-0.2, 0) is 4.79 Å². The zero-order chi connectivity index (χ0) is 13.7. The maximum atomic E-state index is 10.9. The van der Waals surface area contributed by atoms with Crippen LogP contribution >= 0.6 is 0 Å². The molecule has 102 valence electrons. The Morgan fingerprint density at radius 2 is 2.16 bits per heavy atom. The maximum absolute atomic E-state index is 10.9. The van der Waals surface area contributed by atoms with Gasteiger partial charge in [-0.25, -0.2) is 9.97 Å². The van der Waals surface area contributed by atoms with Gasteiger partial charge in [0.15, 0.2) is 11.6 Å². The fourth-order valence-electron chi connectivity index (χ4n) is 2.19. The van der Waals surface area contributed by atoms with E-state index in [1.165, 1.54) is 0 Å². The molecule has 0 amide bonds. The average molecular weight is 262 g/mol. The quantitative estimate of drug-likeness (QED) is 0.780. The summed E-state index contributed by atoms with van der Waals surface area (Å²) in [6, 6.07) is 0. The molecule has 0 bridgehead atoms. The highest BCUT2D eigenvalue weighted by molar-refractivity contribution is 5.70. The average Bonchev–Trinajstić information content (AvgIpc) is 2.45. The number of aromatic nitrogens is 2. The van der Waals surface area contributed by atoms with Gasteiger partial charge in [0.2, 0.25) is 0 Å². The number of piperidine rings is 1. The second kappa shape index (κ2) is 6.17. The van der Waals surface area contributed by atoms with Crippen LogP contribution in [-0.4, -0.2) is 40.7 Å². The molecule has 0 saturated carbocycles. The minimum Gasteiger partial charge on any atom is -0.481 e. The van der Waals surface area contributed by atoms with Crippen molar-refractivity contribution < 1.29 is 9.90 Å². The summed E-state index contributed by atoms with van der Waals surface area (Å²) in [5.74, 6) is 0.561. The Hall–Kier alpha value is -2.11. The van der Waals surface area contributed by atoms with Gasteiger partial charge in [0, 0.05) is 32.0 Å². The highest BCUT2D eigenvalue weighted by Crippen LogP contribution is 2.26. The first-order valence-corrected chi connectivity index (χ1v) is 6.36. The van der Waals surface area contributed by atoms with Crippen LogP contribution in [0, 0.1) is 5.92 Å². The Bertz CT molecular complexity index is 456.